The Morgan fingerprint density at radius 1 is 1.00 bits per heavy atom. The van der Waals surface area contributed by atoms with E-state index in [1.165, 1.54) is 5.56 Å². The average molecular weight is 415 g/mol. The minimum atomic E-state index is 0.852. The standard InChI is InChI=1S/C25H27N5O/c1-19-7-9-21(10-8-19)30-17-22(20-5-3-2-4-6-20)23-24(27-18-28-25(23)30)26-11-12-29-13-15-31-16-14-29/h2-10,17-18H,11-16H2,1H3,(H,26,27,28)/p+1. The third-order valence-electron chi connectivity index (χ3n) is 5.95. The van der Waals surface area contributed by atoms with Crippen molar-refractivity contribution in [2.24, 2.45) is 0 Å². The van der Waals surface area contributed by atoms with Crippen LogP contribution in [0.2, 0.25) is 0 Å². The molecular weight excluding hydrogens is 386 g/mol. The minimum Gasteiger partial charge on any atom is -0.370 e. The molecule has 1 aliphatic rings. The molecule has 0 aliphatic carbocycles. The molecule has 3 heterocycles. The Labute approximate surface area is 182 Å². The first kappa shape index (κ1) is 19.7. The lowest BCUT2D eigenvalue weighted by molar-refractivity contribution is -0.906. The van der Waals surface area contributed by atoms with E-state index in [9.17, 15) is 0 Å². The van der Waals surface area contributed by atoms with Gasteiger partial charge in [0.15, 0.2) is 5.65 Å². The van der Waals surface area contributed by atoms with E-state index in [2.05, 4.69) is 81.5 Å². The van der Waals surface area contributed by atoms with Crippen molar-refractivity contribution in [3.63, 3.8) is 0 Å². The molecule has 2 N–H and O–H groups in total. The number of aryl methyl sites for hydroxylation is 1. The van der Waals surface area contributed by atoms with Crippen molar-refractivity contribution in [2.75, 3.05) is 44.7 Å². The molecule has 2 aromatic carbocycles. The first-order chi connectivity index (χ1) is 15.3. The molecule has 0 amide bonds. The quantitative estimate of drug-likeness (QED) is 0.509. The zero-order valence-corrected chi connectivity index (χ0v) is 17.8. The second-order valence-corrected chi connectivity index (χ2v) is 8.07. The van der Waals surface area contributed by atoms with Gasteiger partial charge in [-0.05, 0) is 24.6 Å². The average Bonchev–Trinajstić information content (AvgIpc) is 3.21. The lowest BCUT2D eigenvalue weighted by atomic mass is 10.1. The van der Waals surface area contributed by atoms with E-state index < -0.39 is 0 Å². The number of anilines is 1. The molecule has 1 fully saturated rings. The predicted octanol–water partition coefficient (Wildman–Crippen LogP) is 2.72. The smallest absolute Gasteiger partial charge is 0.150 e. The number of fused-ring (bicyclic) bond motifs is 1. The van der Waals surface area contributed by atoms with Gasteiger partial charge in [-0.1, -0.05) is 48.0 Å². The molecule has 0 saturated carbocycles. The minimum absolute atomic E-state index is 0.852. The highest BCUT2D eigenvalue weighted by molar-refractivity contribution is 6.02. The largest absolute Gasteiger partial charge is 0.370 e. The fraction of sp³-hybridized carbons (Fsp3) is 0.280. The summed E-state index contributed by atoms with van der Waals surface area (Å²) >= 11 is 0. The number of ether oxygens (including phenoxy) is 1. The van der Waals surface area contributed by atoms with Crippen molar-refractivity contribution in [2.45, 2.75) is 6.92 Å². The fourth-order valence-electron chi connectivity index (χ4n) is 4.20. The lowest BCUT2D eigenvalue weighted by Crippen LogP contribution is -3.14. The Morgan fingerprint density at radius 3 is 2.55 bits per heavy atom. The van der Waals surface area contributed by atoms with Crippen LogP contribution < -0.4 is 10.2 Å². The molecular formula is C25H28N5O+. The van der Waals surface area contributed by atoms with Crippen molar-refractivity contribution in [1.29, 1.82) is 0 Å². The zero-order chi connectivity index (χ0) is 21.0. The van der Waals surface area contributed by atoms with Gasteiger partial charge in [-0.25, -0.2) is 9.97 Å². The van der Waals surface area contributed by atoms with Crippen molar-refractivity contribution in [3.05, 3.63) is 72.7 Å². The van der Waals surface area contributed by atoms with Crippen molar-refractivity contribution in [3.8, 4) is 16.8 Å². The number of nitrogens with one attached hydrogen (secondary N) is 2. The highest BCUT2D eigenvalue weighted by atomic mass is 16.5. The van der Waals surface area contributed by atoms with Crippen LogP contribution in [0, 0.1) is 6.92 Å². The van der Waals surface area contributed by atoms with Crippen LogP contribution in [0.5, 0.6) is 0 Å². The first-order valence-electron chi connectivity index (χ1n) is 10.9. The molecule has 0 atom stereocenters. The summed E-state index contributed by atoms with van der Waals surface area (Å²) < 4.78 is 7.64. The van der Waals surface area contributed by atoms with Crippen LogP contribution in [0.3, 0.4) is 0 Å². The van der Waals surface area contributed by atoms with Crippen molar-refractivity contribution >= 4 is 16.9 Å². The van der Waals surface area contributed by atoms with Crippen LogP contribution in [0.4, 0.5) is 5.82 Å². The maximum atomic E-state index is 5.47. The molecule has 158 valence electrons. The van der Waals surface area contributed by atoms with Crippen LogP contribution >= 0.6 is 0 Å². The van der Waals surface area contributed by atoms with E-state index in [0.29, 0.717) is 0 Å². The molecule has 6 nitrogen and oxygen atoms in total. The SMILES string of the molecule is Cc1ccc(-n2cc(-c3ccccc3)c3c(NCC[NH+]4CCOCC4)ncnc32)cc1. The number of quaternary nitrogens is 1. The maximum absolute atomic E-state index is 5.47. The predicted molar refractivity (Wildman–Crippen MR) is 124 cm³/mol. The van der Waals surface area contributed by atoms with Crippen molar-refractivity contribution in [1.82, 2.24) is 14.5 Å². The van der Waals surface area contributed by atoms with Crippen LogP contribution in [0.25, 0.3) is 27.8 Å². The van der Waals surface area contributed by atoms with Gasteiger partial charge in [0.1, 0.15) is 25.2 Å². The maximum Gasteiger partial charge on any atom is 0.150 e. The third kappa shape index (κ3) is 4.17. The summed E-state index contributed by atoms with van der Waals surface area (Å²) in [4.78, 5) is 10.9. The molecule has 6 heteroatoms. The topological polar surface area (TPSA) is 56.4 Å². The number of aromatic nitrogens is 3. The molecule has 2 aromatic heterocycles. The number of morpholine rings is 1. The van der Waals surface area contributed by atoms with Gasteiger partial charge in [0.25, 0.3) is 0 Å². The third-order valence-corrected chi connectivity index (χ3v) is 5.95. The van der Waals surface area contributed by atoms with Crippen molar-refractivity contribution < 1.29 is 9.64 Å². The summed E-state index contributed by atoms with van der Waals surface area (Å²) in [7, 11) is 0. The van der Waals surface area contributed by atoms with Gasteiger partial charge >= 0.3 is 0 Å². The number of benzene rings is 2. The number of rotatable bonds is 6. The van der Waals surface area contributed by atoms with Gasteiger partial charge in [-0.15, -0.1) is 0 Å². The normalized spacial score (nSPS) is 14.7. The molecule has 4 aromatic rings. The van der Waals surface area contributed by atoms with Crippen LogP contribution in [-0.4, -0.2) is 53.9 Å². The highest BCUT2D eigenvalue weighted by Gasteiger charge is 2.18. The number of nitrogens with zero attached hydrogens (tertiary/aromatic N) is 3. The second kappa shape index (κ2) is 8.88. The van der Waals surface area contributed by atoms with E-state index in [0.717, 1.165) is 73.1 Å². The first-order valence-corrected chi connectivity index (χ1v) is 10.9. The Kier molecular flexibility index (Phi) is 5.65. The van der Waals surface area contributed by atoms with Gasteiger partial charge in [0.05, 0.1) is 31.7 Å². The summed E-state index contributed by atoms with van der Waals surface area (Å²) in [6.07, 6.45) is 3.84. The number of hydrogen-bond acceptors (Lipinski definition) is 4. The monoisotopic (exact) mass is 414 g/mol. The summed E-state index contributed by atoms with van der Waals surface area (Å²) in [5.41, 5.74) is 5.55. The summed E-state index contributed by atoms with van der Waals surface area (Å²) in [6, 6.07) is 19.0. The molecule has 1 aliphatic heterocycles. The van der Waals surface area contributed by atoms with Crippen LogP contribution in [0.1, 0.15) is 5.56 Å². The Hall–Kier alpha value is -3.22. The van der Waals surface area contributed by atoms with E-state index in [-0.39, 0.29) is 0 Å². The van der Waals surface area contributed by atoms with E-state index >= 15 is 0 Å². The number of hydrogen-bond donors (Lipinski definition) is 2. The molecule has 5 rings (SSSR count). The molecule has 0 unspecified atom stereocenters. The highest BCUT2D eigenvalue weighted by Crippen LogP contribution is 2.35. The van der Waals surface area contributed by atoms with Gasteiger partial charge in [-0.2, -0.15) is 0 Å². The molecule has 0 bridgehead atoms. The van der Waals surface area contributed by atoms with Gasteiger partial charge in [0.2, 0.25) is 0 Å². The van der Waals surface area contributed by atoms with E-state index in [1.807, 2.05) is 6.07 Å². The molecule has 0 radical (unpaired) electrons. The Balaban J connectivity index is 1.54. The van der Waals surface area contributed by atoms with Crippen LogP contribution in [-0.2, 0) is 4.74 Å². The molecule has 0 spiro atoms. The van der Waals surface area contributed by atoms with E-state index in [4.69, 9.17) is 4.74 Å². The Morgan fingerprint density at radius 2 is 1.77 bits per heavy atom. The summed E-state index contributed by atoms with van der Waals surface area (Å²) in [6.45, 7) is 7.86. The van der Waals surface area contributed by atoms with E-state index in [1.54, 1.807) is 11.2 Å². The Bertz CT molecular complexity index is 1150. The molecule has 31 heavy (non-hydrogen) atoms. The van der Waals surface area contributed by atoms with Crippen LogP contribution in [0.15, 0.2) is 67.1 Å². The summed E-state index contributed by atoms with van der Waals surface area (Å²) in [5.74, 6) is 0.891. The summed E-state index contributed by atoms with van der Waals surface area (Å²) in [5, 5.41) is 4.65. The molecule has 1 saturated heterocycles. The van der Waals surface area contributed by atoms with Gasteiger partial charge in [-0.3, -0.25) is 0 Å². The zero-order valence-electron chi connectivity index (χ0n) is 17.8. The lowest BCUT2D eigenvalue weighted by Gasteiger charge is -2.23. The fourth-order valence-corrected chi connectivity index (χ4v) is 4.20. The second-order valence-electron chi connectivity index (χ2n) is 8.07. The van der Waals surface area contributed by atoms with Gasteiger partial charge in [0, 0.05) is 17.4 Å². The van der Waals surface area contributed by atoms with Gasteiger partial charge < -0.3 is 19.5 Å².